The van der Waals surface area contributed by atoms with Crippen molar-refractivity contribution in [3.63, 3.8) is 0 Å². The van der Waals surface area contributed by atoms with Gasteiger partial charge < -0.3 is 20.1 Å². The zero-order chi connectivity index (χ0) is 27.5. The molecule has 1 aliphatic rings. The van der Waals surface area contributed by atoms with Gasteiger partial charge in [0.05, 0.1) is 32.2 Å². The third-order valence-corrected chi connectivity index (χ3v) is 7.92. The lowest BCUT2D eigenvalue weighted by Gasteiger charge is -2.32. The molecule has 5 rings (SSSR count). The molecule has 1 aliphatic heterocycles. The number of likely N-dealkylation sites (N-methyl/N-ethyl adjacent to an activating group) is 1. The number of amides is 1. The maximum absolute atomic E-state index is 12.3. The second-order valence-corrected chi connectivity index (χ2v) is 10.5. The summed E-state index contributed by atoms with van der Waals surface area (Å²) in [6.07, 6.45) is 1.25. The summed E-state index contributed by atoms with van der Waals surface area (Å²) in [7, 11) is 2.14. The number of fused-ring (bicyclic) bond motifs is 1. The Kier molecular flexibility index (Phi) is 8.32. The fourth-order valence-electron chi connectivity index (χ4n) is 4.74. The number of thiol groups is 1. The Labute approximate surface area is 238 Å². The lowest BCUT2D eigenvalue weighted by Crippen LogP contribution is -2.45. The highest BCUT2D eigenvalue weighted by Crippen LogP contribution is 2.37. The molecule has 1 saturated heterocycles. The van der Waals surface area contributed by atoms with Crippen molar-refractivity contribution in [3.05, 3.63) is 77.1 Å². The van der Waals surface area contributed by atoms with Crippen LogP contribution in [0, 0.1) is 0 Å². The summed E-state index contributed by atoms with van der Waals surface area (Å²) in [4.78, 5) is 21.8. The fraction of sp³-hybridized carbons (Fsp3) is 0.310. The quantitative estimate of drug-likeness (QED) is 0.283. The van der Waals surface area contributed by atoms with E-state index in [2.05, 4.69) is 34.5 Å². The number of hydrogen-bond acceptors (Lipinski definition) is 7. The van der Waals surface area contributed by atoms with Gasteiger partial charge in [-0.2, -0.15) is 0 Å². The van der Waals surface area contributed by atoms with Crippen LogP contribution in [0.1, 0.15) is 28.9 Å². The Morgan fingerprint density at radius 2 is 1.87 bits per heavy atom. The predicted molar refractivity (Wildman–Crippen MR) is 157 cm³/mol. The summed E-state index contributed by atoms with van der Waals surface area (Å²) >= 11 is 11.4. The van der Waals surface area contributed by atoms with E-state index in [1.165, 1.54) is 0 Å². The Bertz CT molecular complexity index is 1490. The molecule has 1 amide bonds. The number of ether oxygens (including phenoxy) is 2. The second kappa shape index (κ2) is 11.9. The van der Waals surface area contributed by atoms with Gasteiger partial charge in [-0.05, 0) is 38.2 Å². The van der Waals surface area contributed by atoms with Crippen LogP contribution in [0.15, 0.2) is 65.8 Å². The first kappa shape index (κ1) is 27.3. The number of primary amides is 1. The molecule has 2 N–H and O–H groups in total. The van der Waals surface area contributed by atoms with E-state index in [1.54, 1.807) is 12.4 Å². The van der Waals surface area contributed by atoms with Crippen molar-refractivity contribution in [2.75, 3.05) is 46.4 Å². The van der Waals surface area contributed by atoms with Gasteiger partial charge in [0.1, 0.15) is 30.5 Å². The van der Waals surface area contributed by atoms with E-state index in [0.717, 1.165) is 49.3 Å². The van der Waals surface area contributed by atoms with E-state index >= 15 is 0 Å². The maximum atomic E-state index is 12.3. The van der Waals surface area contributed by atoms with Gasteiger partial charge in [0.25, 0.3) is 0 Å². The van der Waals surface area contributed by atoms with E-state index in [4.69, 9.17) is 26.8 Å². The van der Waals surface area contributed by atoms with Gasteiger partial charge in [-0.25, -0.2) is 4.98 Å². The monoisotopic (exact) mass is 565 g/mol. The molecule has 0 spiro atoms. The van der Waals surface area contributed by atoms with E-state index in [-0.39, 0.29) is 5.56 Å². The first-order valence-electron chi connectivity index (χ1n) is 12.9. The molecule has 8 nitrogen and oxygen atoms in total. The molecule has 10 heteroatoms. The summed E-state index contributed by atoms with van der Waals surface area (Å²) in [5.74, 6) is 0.422. The molecule has 4 aromatic rings. The minimum Gasteiger partial charge on any atom is -0.491 e. The van der Waals surface area contributed by atoms with Gasteiger partial charge in [-0.3, -0.25) is 14.3 Å². The van der Waals surface area contributed by atoms with E-state index in [1.807, 2.05) is 60.0 Å². The second-order valence-electron chi connectivity index (χ2n) is 9.72. The predicted octanol–water partition coefficient (Wildman–Crippen LogP) is 4.83. The van der Waals surface area contributed by atoms with Crippen molar-refractivity contribution in [3.8, 4) is 17.2 Å². The minimum atomic E-state index is -0.599. The molecule has 1 aromatic heterocycles. The van der Waals surface area contributed by atoms with Crippen LogP contribution in [-0.2, 0) is 0 Å². The van der Waals surface area contributed by atoms with Crippen LogP contribution in [0.2, 0.25) is 5.02 Å². The summed E-state index contributed by atoms with van der Waals surface area (Å²) in [6.45, 7) is 7.48. The number of nitrogens with two attached hydrogens (primary N) is 1. The lowest BCUT2D eigenvalue weighted by atomic mass is 10.1. The molecule has 39 heavy (non-hydrogen) atoms. The third-order valence-electron chi connectivity index (χ3n) is 7.05. The van der Waals surface area contributed by atoms with Gasteiger partial charge in [0.2, 0.25) is 5.91 Å². The van der Waals surface area contributed by atoms with Gasteiger partial charge >= 0.3 is 0 Å². The molecule has 0 saturated carbocycles. The van der Waals surface area contributed by atoms with E-state index in [0.29, 0.717) is 33.7 Å². The average Bonchev–Trinajstić information content (AvgIpc) is 3.36. The number of aromatic nitrogens is 2. The van der Waals surface area contributed by atoms with Gasteiger partial charge in [0.15, 0.2) is 0 Å². The highest BCUT2D eigenvalue weighted by Gasteiger charge is 2.21. The molecule has 3 aromatic carbocycles. The fourth-order valence-corrected chi connectivity index (χ4v) is 5.36. The zero-order valence-electron chi connectivity index (χ0n) is 22.0. The average molecular weight is 566 g/mol. The maximum Gasteiger partial charge on any atom is 0.250 e. The van der Waals surface area contributed by atoms with Crippen LogP contribution in [0.3, 0.4) is 0 Å². The first-order valence-corrected chi connectivity index (χ1v) is 13.7. The van der Waals surface area contributed by atoms with Crippen molar-refractivity contribution in [2.45, 2.75) is 17.9 Å². The number of para-hydroxylation sites is 2. The molecule has 1 fully saturated rings. The largest absolute Gasteiger partial charge is 0.491 e. The Morgan fingerprint density at radius 1 is 1.10 bits per heavy atom. The van der Waals surface area contributed by atoms with Gasteiger partial charge in [0, 0.05) is 44.4 Å². The van der Waals surface area contributed by atoms with Crippen LogP contribution in [0.4, 0.5) is 0 Å². The molecule has 0 aliphatic carbocycles. The topological polar surface area (TPSA) is 85.8 Å². The van der Waals surface area contributed by atoms with Crippen LogP contribution in [0.5, 0.6) is 11.5 Å². The number of hydrogen-bond donors (Lipinski definition) is 2. The van der Waals surface area contributed by atoms with E-state index < -0.39 is 12.0 Å². The number of benzene rings is 3. The Balaban J connectivity index is 1.36. The first-order chi connectivity index (χ1) is 18.8. The number of piperazine rings is 1. The lowest BCUT2D eigenvalue weighted by molar-refractivity contribution is 0.0996. The van der Waals surface area contributed by atoms with E-state index in [9.17, 15) is 4.79 Å². The SMILES string of the molecule is C[C@@H](Oc1cc(-n2cnc3ccccc32)cc(C(N)=O)c1S)c1cccc(OCCN2CCN(C)CC2)c1Cl. The molecule has 1 atom stereocenters. The summed E-state index contributed by atoms with van der Waals surface area (Å²) in [5.41, 5.74) is 9.13. The van der Waals surface area contributed by atoms with Crippen LogP contribution >= 0.6 is 24.2 Å². The Hall–Kier alpha value is -3.24. The van der Waals surface area contributed by atoms with Crippen molar-refractivity contribution in [1.82, 2.24) is 19.4 Å². The number of nitrogens with zero attached hydrogens (tertiary/aromatic N) is 4. The van der Waals surface area contributed by atoms with Crippen LogP contribution in [-0.4, -0.2) is 71.6 Å². The molecular weight excluding hydrogens is 534 g/mol. The van der Waals surface area contributed by atoms with Crippen molar-refractivity contribution < 1.29 is 14.3 Å². The molecule has 204 valence electrons. The molecule has 2 heterocycles. The van der Waals surface area contributed by atoms with Gasteiger partial charge in [-0.1, -0.05) is 35.9 Å². The highest BCUT2D eigenvalue weighted by molar-refractivity contribution is 7.80. The number of carbonyl (C=O) groups excluding carboxylic acids is 1. The summed E-state index contributed by atoms with van der Waals surface area (Å²) in [5, 5.41) is 0.496. The standard InChI is InChI=1S/C29H32ClN5O3S/c1-19(21-6-5-9-25(27(21)30)37-15-14-34-12-10-33(2)11-13-34)38-26-17-20(16-22(28(26)39)29(31)36)35-18-32-23-7-3-4-8-24(23)35/h3-9,16-19,39H,10-15H2,1-2H3,(H2,31,36)/t19-/m1/s1. The molecular formula is C29H32ClN5O3S. The van der Waals surface area contributed by atoms with Crippen LogP contribution < -0.4 is 15.2 Å². The van der Waals surface area contributed by atoms with Crippen molar-refractivity contribution in [1.29, 1.82) is 0 Å². The van der Waals surface area contributed by atoms with Crippen LogP contribution in [0.25, 0.3) is 16.7 Å². The molecule has 0 unspecified atom stereocenters. The van der Waals surface area contributed by atoms with Crippen molar-refractivity contribution >= 4 is 41.2 Å². The minimum absolute atomic E-state index is 0.253. The zero-order valence-corrected chi connectivity index (χ0v) is 23.7. The number of rotatable bonds is 9. The van der Waals surface area contributed by atoms with Gasteiger partial charge in [-0.15, -0.1) is 12.6 Å². The molecule has 0 radical (unpaired) electrons. The highest BCUT2D eigenvalue weighted by atomic mass is 35.5. The molecule has 0 bridgehead atoms. The third kappa shape index (κ3) is 6.01. The van der Waals surface area contributed by atoms with Crippen molar-refractivity contribution in [2.24, 2.45) is 5.73 Å². The summed E-state index contributed by atoms with van der Waals surface area (Å²) in [6, 6.07) is 16.9. The number of halogens is 1. The summed E-state index contributed by atoms with van der Waals surface area (Å²) < 4.78 is 14.3. The number of imidazole rings is 1. The smallest absolute Gasteiger partial charge is 0.250 e. The normalized spacial score (nSPS) is 15.4. The Morgan fingerprint density at radius 3 is 2.64 bits per heavy atom. The number of carbonyl (C=O) groups is 1.